The van der Waals surface area contributed by atoms with Gasteiger partial charge in [-0.05, 0) is 70.0 Å². The van der Waals surface area contributed by atoms with Crippen molar-refractivity contribution < 1.29 is 4.79 Å². The lowest BCUT2D eigenvalue weighted by Gasteiger charge is -2.18. The number of thiophene rings is 1. The summed E-state index contributed by atoms with van der Waals surface area (Å²) in [7, 11) is 1.98. The summed E-state index contributed by atoms with van der Waals surface area (Å²) in [6.07, 6.45) is 2.47. The van der Waals surface area contributed by atoms with Crippen molar-refractivity contribution in [1.29, 1.82) is 0 Å². The molecule has 2 aromatic rings. The van der Waals surface area contributed by atoms with E-state index < -0.39 is 0 Å². The number of aryl methyl sites for hydroxylation is 1. The number of rotatable bonds is 3. The molecule has 0 spiro atoms. The zero-order valence-corrected chi connectivity index (χ0v) is 14.2. The van der Waals surface area contributed by atoms with Crippen molar-refractivity contribution in [3.05, 3.63) is 50.1 Å². The van der Waals surface area contributed by atoms with E-state index in [9.17, 15) is 4.79 Å². The Morgan fingerprint density at radius 1 is 1.29 bits per heavy atom. The van der Waals surface area contributed by atoms with Crippen LogP contribution in [-0.4, -0.2) is 13.0 Å². The molecular formula is C16H17BrN2OS. The van der Waals surface area contributed by atoms with Crippen molar-refractivity contribution in [2.24, 2.45) is 0 Å². The molecule has 3 rings (SSSR count). The van der Waals surface area contributed by atoms with Crippen LogP contribution in [0, 0.1) is 0 Å². The summed E-state index contributed by atoms with van der Waals surface area (Å²) in [5.41, 5.74) is 4.68. The maximum Gasteiger partial charge on any atom is 0.224 e. The number of hydrogen-bond donors (Lipinski definition) is 2. The molecule has 0 saturated carbocycles. The molecule has 1 aliphatic heterocycles. The molecule has 1 aliphatic rings. The van der Waals surface area contributed by atoms with Gasteiger partial charge in [-0.1, -0.05) is 12.1 Å². The Hall–Kier alpha value is -1.17. The number of carbonyl (C=O) groups is 1. The third-order valence-electron chi connectivity index (χ3n) is 3.80. The van der Waals surface area contributed by atoms with Crippen molar-refractivity contribution in [2.45, 2.75) is 25.3 Å². The lowest BCUT2D eigenvalue weighted by atomic mass is 9.97. The van der Waals surface area contributed by atoms with E-state index in [-0.39, 0.29) is 11.9 Å². The highest BCUT2D eigenvalue weighted by atomic mass is 79.9. The fourth-order valence-corrected chi connectivity index (χ4v) is 3.98. The quantitative estimate of drug-likeness (QED) is 0.860. The van der Waals surface area contributed by atoms with Gasteiger partial charge in [0.05, 0.1) is 9.83 Å². The molecule has 5 heteroatoms. The van der Waals surface area contributed by atoms with Crippen LogP contribution in [0.25, 0.3) is 0 Å². The molecule has 1 amide bonds. The summed E-state index contributed by atoms with van der Waals surface area (Å²) in [6.45, 7) is 0. The van der Waals surface area contributed by atoms with Crippen molar-refractivity contribution in [2.75, 3.05) is 12.4 Å². The third-order valence-corrected chi connectivity index (χ3v) is 5.32. The summed E-state index contributed by atoms with van der Waals surface area (Å²) in [5, 5.41) is 8.53. The number of benzene rings is 1. The van der Waals surface area contributed by atoms with E-state index in [4.69, 9.17) is 0 Å². The standard InChI is InChI=1S/C16H17BrN2OS/c1-18-16(12-8-14(17)21-9-12)11-5-6-13-10(7-11)3-2-4-15(20)19-13/h5-9,16,18H,2-4H2,1H3,(H,19,20). The fraction of sp³-hybridized carbons (Fsp3) is 0.312. The highest BCUT2D eigenvalue weighted by molar-refractivity contribution is 9.11. The van der Waals surface area contributed by atoms with Gasteiger partial charge in [0.1, 0.15) is 0 Å². The van der Waals surface area contributed by atoms with Crippen LogP contribution in [0.1, 0.15) is 35.6 Å². The second-order valence-corrected chi connectivity index (χ2v) is 7.51. The first kappa shape index (κ1) is 14.8. The molecule has 2 N–H and O–H groups in total. The fourth-order valence-electron chi connectivity index (χ4n) is 2.77. The minimum Gasteiger partial charge on any atom is -0.326 e. The number of anilines is 1. The van der Waals surface area contributed by atoms with Gasteiger partial charge >= 0.3 is 0 Å². The van der Waals surface area contributed by atoms with Crippen molar-refractivity contribution in [3.8, 4) is 0 Å². The number of fused-ring (bicyclic) bond motifs is 1. The molecule has 0 saturated heterocycles. The van der Waals surface area contributed by atoms with Crippen LogP contribution in [0.3, 0.4) is 0 Å². The van der Waals surface area contributed by atoms with Crippen LogP contribution >= 0.6 is 27.3 Å². The average molecular weight is 365 g/mol. The summed E-state index contributed by atoms with van der Waals surface area (Å²) < 4.78 is 1.14. The molecule has 0 radical (unpaired) electrons. The van der Waals surface area contributed by atoms with Gasteiger partial charge < -0.3 is 10.6 Å². The number of hydrogen-bond acceptors (Lipinski definition) is 3. The van der Waals surface area contributed by atoms with E-state index >= 15 is 0 Å². The summed E-state index contributed by atoms with van der Waals surface area (Å²) in [6, 6.07) is 8.67. The summed E-state index contributed by atoms with van der Waals surface area (Å²) in [5.74, 6) is 0.119. The first-order chi connectivity index (χ1) is 10.2. The number of amides is 1. The minimum absolute atomic E-state index is 0.119. The summed E-state index contributed by atoms with van der Waals surface area (Å²) >= 11 is 5.22. The summed E-state index contributed by atoms with van der Waals surface area (Å²) in [4.78, 5) is 11.6. The Morgan fingerprint density at radius 3 is 2.86 bits per heavy atom. The van der Waals surface area contributed by atoms with Gasteiger partial charge in [-0.25, -0.2) is 0 Å². The molecule has 0 aliphatic carbocycles. The van der Waals surface area contributed by atoms with Gasteiger partial charge in [0.2, 0.25) is 5.91 Å². The van der Waals surface area contributed by atoms with Gasteiger partial charge in [0.25, 0.3) is 0 Å². The van der Waals surface area contributed by atoms with Gasteiger partial charge in [-0.3, -0.25) is 4.79 Å². The second-order valence-electron chi connectivity index (χ2n) is 5.22. The molecule has 1 aromatic heterocycles. The van der Waals surface area contributed by atoms with Gasteiger partial charge in [0.15, 0.2) is 0 Å². The van der Waals surface area contributed by atoms with Crippen LogP contribution in [0.15, 0.2) is 33.4 Å². The van der Waals surface area contributed by atoms with Crippen LogP contribution in [0.2, 0.25) is 0 Å². The van der Waals surface area contributed by atoms with E-state index in [0.29, 0.717) is 6.42 Å². The SMILES string of the molecule is CNC(c1csc(Br)c1)c1ccc2c(c1)CCCC(=O)N2. The topological polar surface area (TPSA) is 41.1 Å². The lowest BCUT2D eigenvalue weighted by Crippen LogP contribution is -2.17. The van der Waals surface area contributed by atoms with Crippen molar-refractivity contribution in [1.82, 2.24) is 5.32 Å². The van der Waals surface area contributed by atoms with Crippen LogP contribution in [0.4, 0.5) is 5.69 Å². The van der Waals surface area contributed by atoms with Gasteiger partial charge in [-0.15, -0.1) is 11.3 Å². The minimum atomic E-state index is 0.119. The largest absolute Gasteiger partial charge is 0.326 e. The average Bonchev–Trinajstić information content (AvgIpc) is 2.79. The zero-order chi connectivity index (χ0) is 14.8. The third kappa shape index (κ3) is 3.20. The smallest absolute Gasteiger partial charge is 0.224 e. The van der Waals surface area contributed by atoms with Crippen LogP contribution in [-0.2, 0) is 11.2 Å². The highest BCUT2D eigenvalue weighted by Gasteiger charge is 2.17. The zero-order valence-electron chi connectivity index (χ0n) is 11.8. The highest BCUT2D eigenvalue weighted by Crippen LogP contribution is 2.32. The van der Waals surface area contributed by atoms with Crippen molar-refractivity contribution in [3.63, 3.8) is 0 Å². The van der Waals surface area contributed by atoms with E-state index in [1.807, 2.05) is 13.1 Å². The monoisotopic (exact) mass is 364 g/mol. The van der Waals surface area contributed by atoms with E-state index in [2.05, 4.69) is 50.1 Å². The lowest BCUT2D eigenvalue weighted by molar-refractivity contribution is -0.116. The molecule has 110 valence electrons. The predicted octanol–water partition coefficient (Wildman–Crippen LogP) is 4.09. The Morgan fingerprint density at radius 2 is 2.14 bits per heavy atom. The van der Waals surface area contributed by atoms with E-state index in [1.165, 1.54) is 16.7 Å². The van der Waals surface area contributed by atoms with Crippen LogP contribution in [0.5, 0.6) is 0 Å². The Balaban J connectivity index is 1.95. The predicted molar refractivity (Wildman–Crippen MR) is 90.9 cm³/mol. The number of nitrogens with one attached hydrogen (secondary N) is 2. The molecule has 1 atom stereocenters. The maximum atomic E-state index is 11.6. The first-order valence-corrected chi connectivity index (χ1v) is 8.68. The van der Waals surface area contributed by atoms with E-state index in [1.54, 1.807) is 11.3 Å². The first-order valence-electron chi connectivity index (χ1n) is 7.01. The molecule has 2 heterocycles. The Kier molecular flexibility index (Phi) is 4.42. The molecule has 0 bridgehead atoms. The second kappa shape index (κ2) is 6.30. The Labute approximate surface area is 136 Å². The van der Waals surface area contributed by atoms with Gasteiger partial charge in [-0.2, -0.15) is 0 Å². The number of carbonyl (C=O) groups excluding carboxylic acids is 1. The van der Waals surface area contributed by atoms with Crippen molar-refractivity contribution >= 4 is 38.9 Å². The molecular weight excluding hydrogens is 348 g/mol. The number of halogens is 1. The molecule has 1 unspecified atom stereocenters. The molecule has 1 aromatic carbocycles. The van der Waals surface area contributed by atoms with Crippen LogP contribution < -0.4 is 10.6 Å². The molecule has 21 heavy (non-hydrogen) atoms. The Bertz CT molecular complexity index is 668. The molecule has 0 fully saturated rings. The maximum absolute atomic E-state index is 11.6. The normalized spacial score (nSPS) is 16.0. The van der Waals surface area contributed by atoms with Gasteiger partial charge in [0, 0.05) is 12.1 Å². The van der Waals surface area contributed by atoms with E-state index in [0.717, 1.165) is 22.3 Å². The molecule has 3 nitrogen and oxygen atoms in total.